The van der Waals surface area contributed by atoms with Gasteiger partial charge in [0.25, 0.3) is 0 Å². The van der Waals surface area contributed by atoms with Crippen molar-refractivity contribution >= 4 is 12.2 Å². The Kier molecular flexibility index (Phi) is 4.48. The van der Waals surface area contributed by atoms with Crippen LogP contribution in [0.1, 0.15) is 84.6 Å². The monoisotopic (exact) mass is 404 g/mol. The van der Waals surface area contributed by atoms with Gasteiger partial charge in [0.1, 0.15) is 17.0 Å². The van der Waals surface area contributed by atoms with Crippen LogP contribution in [-0.4, -0.2) is 22.9 Å². The van der Waals surface area contributed by atoms with Crippen molar-refractivity contribution in [2.75, 3.05) is 6.54 Å². The van der Waals surface area contributed by atoms with Crippen molar-refractivity contribution in [1.82, 2.24) is 10.3 Å². The number of hydrogen-bond donors (Lipinski definition) is 1. The Labute approximate surface area is 173 Å². The normalized spacial score (nSPS) is 44.4. The fourth-order valence-electron chi connectivity index (χ4n) is 5.95. The molecule has 0 amide bonds. The Bertz CT molecular complexity index is 817. The molecule has 2 heterocycles. The van der Waals surface area contributed by atoms with Gasteiger partial charge >= 0.3 is 0 Å². The summed E-state index contributed by atoms with van der Waals surface area (Å²) in [6, 6.07) is 0. The molecule has 0 bridgehead atoms. The van der Waals surface area contributed by atoms with Crippen LogP contribution in [0.15, 0.2) is 16.6 Å². The van der Waals surface area contributed by atoms with E-state index in [0.717, 1.165) is 11.5 Å². The van der Waals surface area contributed by atoms with E-state index in [9.17, 15) is 8.78 Å². The summed E-state index contributed by atoms with van der Waals surface area (Å²) in [6.07, 6.45) is 9.73. The molecule has 2 aliphatic carbocycles. The van der Waals surface area contributed by atoms with E-state index in [0.29, 0.717) is 37.6 Å². The van der Waals surface area contributed by atoms with Crippen LogP contribution in [0.5, 0.6) is 0 Å². The second-order valence-corrected chi connectivity index (χ2v) is 11.2. The summed E-state index contributed by atoms with van der Waals surface area (Å²) in [5.74, 6) is 1.82. The zero-order valence-electron chi connectivity index (χ0n) is 18.5. The number of alkyl halides is 2. The number of hydrogen-bond acceptors (Lipinski definition) is 3. The third-order valence-electron chi connectivity index (χ3n) is 7.40. The number of halogens is 2. The minimum Gasteiger partial charge on any atom is -0.439 e. The molecule has 3 nitrogen and oxygen atoms in total. The van der Waals surface area contributed by atoms with Gasteiger partial charge < -0.3 is 9.73 Å². The number of nitrogens with one attached hydrogen (secondary N) is 1. The van der Waals surface area contributed by atoms with Gasteiger partial charge in [-0.2, -0.15) is 0 Å². The van der Waals surface area contributed by atoms with Crippen LogP contribution in [0.4, 0.5) is 8.78 Å². The molecule has 4 atom stereocenters. The molecular weight excluding hydrogens is 370 g/mol. The molecule has 1 spiro atoms. The lowest BCUT2D eigenvalue weighted by Gasteiger charge is -2.46. The molecule has 1 saturated carbocycles. The van der Waals surface area contributed by atoms with E-state index in [1.807, 2.05) is 19.1 Å². The minimum absolute atomic E-state index is 0.0318. The highest BCUT2D eigenvalue weighted by Crippen LogP contribution is 2.56. The number of aromatic nitrogens is 1. The Morgan fingerprint density at radius 2 is 1.59 bits per heavy atom. The summed E-state index contributed by atoms with van der Waals surface area (Å²) in [7, 11) is 0. The van der Waals surface area contributed by atoms with Gasteiger partial charge in [0.05, 0.1) is 5.54 Å². The maximum atomic E-state index is 15.0. The van der Waals surface area contributed by atoms with Gasteiger partial charge in [0.15, 0.2) is 5.76 Å². The molecule has 2 fully saturated rings. The Balaban J connectivity index is 1.61. The fraction of sp³-hybridized carbons (Fsp3) is 0.708. The van der Waals surface area contributed by atoms with Crippen molar-refractivity contribution in [2.45, 2.75) is 84.1 Å². The third kappa shape index (κ3) is 3.71. The van der Waals surface area contributed by atoms with Gasteiger partial charge in [0.2, 0.25) is 5.89 Å². The van der Waals surface area contributed by atoms with Crippen molar-refractivity contribution < 1.29 is 13.2 Å². The number of nitrogens with zero attached hydrogens (tertiary/aromatic N) is 1. The standard InChI is InChI=1S/C24H34F2N2O/c1-16(2)20(3)9-7-17-18(8-10-20)29-19(28-17)23(6)14-24(15-27-23)12-21(4,25)11-22(5,26)13-24/h7-10,16,27H,11-15H2,1-6H3. The van der Waals surface area contributed by atoms with Gasteiger partial charge in [0, 0.05) is 18.4 Å². The summed E-state index contributed by atoms with van der Waals surface area (Å²) in [6.45, 7) is 12.3. The van der Waals surface area contributed by atoms with E-state index < -0.39 is 22.3 Å². The predicted molar refractivity (Wildman–Crippen MR) is 113 cm³/mol. The number of fused-ring (bicyclic) bond motifs is 1. The molecule has 1 saturated heterocycles. The lowest BCUT2D eigenvalue weighted by Crippen LogP contribution is -2.47. The quantitative estimate of drug-likeness (QED) is 0.637. The zero-order chi connectivity index (χ0) is 21.3. The van der Waals surface area contributed by atoms with Crippen LogP contribution < -0.4 is 5.32 Å². The zero-order valence-corrected chi connectivity index (χ0v) is 18.5. The maximum absolute atomic E-state index is 15.0. The highest BCUT2D eigenvalue weighted by Gasteiger charge is 2.58. The molecule has 4 unspecified atom stereocenters. The largest absolute Gasteiger partial charge is 0.439 e. The van der Waals surface area contributed by atoms with Crippen LogP contribution in [-0.2, 0) is 5.54 Å². The van der Waals surface area contributed by atoms with E-state index in [4.69, 9.17) is 9.40 Å². The molecule has 5 heteroatoms. The smallest absolute Gasteiger partial charge is 0.215 e. The number of oxazole rings is 1. The summed E-state index contributed by atoms with van der Waals surface area (Å²) in [4.78, 5) is 4.79. The first kappa shape index (κ1) is 20.8. The first-order valence-corrected chi connectivity index (χ1v) is 10.8. The van der Waals surface area contributed by atoms with Crippen molar-refractivity contribution in [3.63, 3.8) is 0 Å². The van der Waals surface area contributed by atoms with Gasteiger partial charge in [-0.3, -0.25) is 0 Å². The summed E-state index contributed by atoms with van der Waals surface area (Å²) in [5, 5.41) is 3.51. The maximum Gasteiger partial charge on any atom is 0.215 e. The number of rotatable bonds is 2. The highest BCUT2D eigenvalue weighted by atomic mass is 19.2. The van der Waals surface area contributed by atoms with E-state index in [2.05, 4.69) is 38.2 Å². The minimum atomic E-state index is -1.49. The van der Waals surface area contributed by atoms with Crippen molar-refractivity contribution in [1.29, 1.82) is 0 Å². The van der Waals surface area contributed by atoms with Crippen LogP contribution in [0.25, 0.3) is 12.2 Å². The molecule has 160 valence electrons. The number of allylic oxidation sites excluding steroid dienone is 2. The average Bonchev–Trinajstić information content (AvgIpc) is 3.06. The summed E-state index contributed by atoms with van der Waals surface area (Å²) >= 11 is 0. The van der Waals surface area contributed by atoms with Crippen molar-refractivity contribution in [3.8, 4) is 0 Å². The van der Waals surface area contributed by atoms with E-state index >= 15 is 0 Å². The lowest BCUT2D eigenvalue weighted by molar-refractivity contribution is -0.0522. The Morgan fingerprint density at radius 1 is 0.966 bits per heavy atom. The van der Waals surface area contributed by atoms with Crippen LogP contribution in [0.3, 0.4) is 0 Å². The van der Waals surface area contributed by atoms with Gasteiger partial charge in [-0.15, -0.1) is 0 Å². The molecule has 1 N–H and O–H groups in total. The lowest BCUT2D eigenvalue weighted by atomic mass is 9.62. The molecule has 1 aromatic rings. The van der Waals surface area contributed by atoms with E-state index in [-0.39, 0.29) is 11.8 Å². The molecule has 1 aliphatic heterocycles. The average molecular weight is 405 g/mol. The van der Waals surface area contributed by atoms with Gasteiger partial charge in [-0.25, -0.2) is 13.8 Å². The van der Waals surface area contributed by atoms with Gasteiger partial charge in [-0.05, 0) is 63.5 Å². The molecular formula is C24H34F2N2O. The fourth-order valence-corrected chi connectivity index (χ4v) is 5.95. The molecule has 1 aromatic heterocycles. The van der Waals surface area contributed by atoms with Crippen LogP contribution >= 0.6 is 0 Å². The first-order chi connectivity index (χ1) is 13.3. The summed E-state index contributed by atoms with van der Waals surface area (Å²) in [5.41, 5.74) is -3.15. The van der Waals surface area contributed by atoms with E-state index in [1.165, 1.54) is 13.8 Å². The topological polar surface area (TPSA) is 38.1 Å². The molecule has 0 radical (unpaired) electrons. The van der Waals surface area contributed by atoms with Crippen LogP contribution in [0, 0.1) is 16.7 Å². The second-order valence-electron chi connectivity index (χ2n) is 11.2. The Morgan fingerprint density at radius 3 is 2.21 bits per heavy atom. The van der Waals surface area contributed by atoms with Gasteiger partial charge in [-0.1, -0.05) is 32.9 Å². The molecule has 3 aliphatic rings. The Hall–Kier alpha value is -1.49. The molecule has 29 heavy (non-hydrogen) atoms. The van der Waals surface area contributed by atoms with Crippen LogP contribution in [0.2, 0.25) is 0 Å². The molecule has 4 rings (SSSR count). The second kappa shape index (κ2) is 6.26. The van der Waals surface area contributed by atoms with Crippen molar-refractivity contribution in [2.24, 2.45) is 16.7 Å². The molecule has 0 aromatic carbocycles. The summed E-state index contributed by atoms with van der Waals surface area (Å²) < 4.78 is 36.1. The predicted octanol–water partition coefficient (Wildman–Crippen LogP) is 6.21. The first-order valence-electron chi connectivity index (χ1n) is 10.8. The SMILES string of the molecule is CC(C)C1(C)C=Cc2nc(C3(C)CC4(CN3)CC(C)(F)CC(C)(F)C4)oc2C=C1. The van der Waals surface area contributed by atoms with Crippen molar-refractivity contribution in [3.05, 3.63) is 29.5 Å². The highest BCUT2D eigenvalue weighted by molar-refractivity contribution is 5.63. The van der Waals surface area contributed by atoms with E-state index in [1.54, 1.807) is 0 Å². The third-order valence-corrected chi connectivity index (χ3v) is 7.40.